The number of hydrogen-bond donors (Lipinski definition) is 0. The van der Waals surface area contributed by atoms with Gasteiger partial charge in [-0.15, -0.1) is 13.2 Å². The van der Waals surface area contributed by atoms with Gasteiger partial charge in [-0.3, -0.25) is 4.98 Å². The zero-order chi connectivity index (χ0) is 28.3. The van der Waals surface area contributed by atoms with E-state index in [1.165, 1.54) is 30.5 Å². The van der Waals surface area contributed by atoms with Crippen LogP contribution in [-0.4, -0.2) is 11.3 Å². The minimum absolute atomic E-state index is 0.175. The maximum absolute atomic E-state index is 13.8. The molecule has 0 unspecified atom stereocenters. The summed E-state index contributed by atoms with van der Waals surface area (Å²) < 4.78 is 89.8. The average Bonchev–Trinajstić information content (AvgIpc) is 2.91. The van der Waals surface area contributed by atoms with E-state index in [1.54, 1.807) is 36.4 Å². The van der Waals surface area contributed by atoms with Gasteiger partial charge in [-0.25, -0.2) is 0 Å². The Morgan fingerprint density at radius 3 is 2.17 bits per heavy atom. The number of fused-ring (bicyclic) bond motifs is 1. The van der Waals surface area contributed by atoms with E-state index in [9.17, 15) is 26.3 Å². The maximum atomic E-state index is 13.8. The van der Waals surface area contributed by atoms with Gasteiger partial charge in [0, 0.05) is 17.1 Å². The van der Waals surface area contributed by atoms with Crippen LogP contribution >= 0.6 is 0 Å². The molecule has 0 bridgehead atoms. The van der Waals surface area contributed by atoms with E-state index in [1.807, 2.05) is 30.3 Å². The molecule has 9 heteroatoms. The minimum atomic E-state index is -4.86. The molecule has 1 heterocycles. The largest absolute Gasteiger partial charge is 0.573 e. The van der Waals surface area contributed by atoms with Gasteiger partial charge in [-0.1, -0.05) is 72.8 Å². The summed E-state index contributed by atoms with van der Waals surface area (Å²) in [5.41, 5.74) is 1.96. The van der Waals surface area contributed by atoms with Gasteiger partial charge < -0.3 is 9.47 Å². The molecular formula is C31H21F6NO2. The van der Waals surface area contributed by atoms with E-state index in [4.69, 9.17) is 4.74 Å². The Hall–Kier alpha value is -4.53. The molecule has 0 atom stereocenters. The van der Waals surface area contributed by atoms with E-state index in [-0.39, 0.29) is 23.4 Å². The second-order valence-corrected chi connectivity index (χ2v) is 8.99. The Morgan fingerprint density at radius 2 is 1.43 bits per heavy atom. The van der Waals surface area contributed by atoms with Crippen molar-refractivity contribution in [1.29, 1.82) is 0 Å². The fourth-order valence-corrected chi connectivity index (χ4v) is 4.53. The molecule has 204 valence electrons. The third-order valence-electron chi connectivity index (χ3n) is 6.23. The number of pyridine rings is 1. The first-order chi connectivity index (χ1) is 19.1. The Morgan fingerprint density at radius 1 is 0.700 bits per heavy atom. The number of alkyl halides is 6. The highest BCUT2D eigenvalue weighted by Crippen LogP contribution is 2.40. The molecular weight excluding hydrogens is 532 g/mol. The molecule has 0 N–H and O–H groups in total. The zero-order valence-corrected chi connectivity index (χ0v) is 20.8. The Labute approximate surface area is 225 Å². The number of halogens is 6. The molecule has 5 aromatic rings. The molecule has 0 fully saturated rings. The number of ether oxygens (including phenoxy) is 2. The van der Waals surface area contributed by atoms with Gasteiger partial charge in [0.1, 0.15) is 18.1 Å². The van der Waals surface area contributed by atoms with Gasteiger partial charge in [0.25, 0.3) is 0 Å². The number of para-hydroxylation sites is 2. The molecule has 0 saturated carbocycles. The van der Waals surface area contributed by atoms with Crippen molar-refractivity contribution in [3.05, 3.63) is 126 Å². The van der Waals surface area contributed by atoms with E-state index < -0.39 is 18.1 Å². The average molecular weight is 554 g/mol. The molecule has 4 aromatic carbocycles. The summed E-state index contributed by atoms with van der Waals surface area (Å²) in [6, 6.07) is 25.7. The number of hydrogen-bond acceptors (Lipinski definition) is 3. The molecule has 0 aliphatic carbocycles. The van der Waals surface area contributed by atoms with Gasteiger partial charge in [0.2, 0.25) is 0 Å². The monoisotopic (exact) mass is 553 g/mol. The summed E-state index contributed by atoms with van der Waals surface area (Å²) >= 11 is 0. The summed E-state index contributed by atoms with van der Waals surface area (Å²) in [7, 11) is 0. The van der Waals surface area contributed by atoms with Crippen LogP contribution in [0.25, 0.3) is 22.0 Å². The van der Waals surface area contributed by atoms with E-state index in [2.05, 4.69) is 9.72 Å². The van der Waals surface area contributed by atoms with Crippen LogP contribution < -0.4 is 9.47 Å². The summed E-state index contributed by atoms with van der Waals surface area (Å²) in [6.45, 7) is -0.220. The van der Waals surface area contributed by atoms with Crippen molar-refractivity contribution in [2.24, 2.45) is 0 Å². The quantitative estimate of drug-likeness (QED) is 0.189. The number of benzene rings is 4. The van der Waals surface area contributed by atoms with Crippen LogP contribution in [0.5, 0.6) is 11.5 Å². The summed E-state index contributed by atoms with van der Waals surface area (Å²) in [6.07, 6.45) is -7.58. The third kappa shape index (κ3) is 6.20. The molecule has 5 rings (SSSR count). The van der Waals surface area contributed by atoms with E-state index >= 15 is 0 Å². The van der Waals surface area contributed by atoms with Crippen molar-refractivity contribution in [2.75, 3.05) is 0 Å². The van der Waals surface area contributed by atoms with Crippen LogP contribution in [-0.2, 0) is 19.2 Å². The third-order valence-corrected chi connectivity index (χ3v) is 6.23. The van der Waals surface area contributed by atoms with Crippen LogP contribution in [0.4, 0.5) is 26.3 Å². The molecule has 0 radical (unpaired) electrons. The van der Waals surface area contributed by atoms with Crippen LogP contribution in [0.15, 0.2) is 103 Å². The van der Waals surface area contributed by atoms with Gasteiger partial charge in [-0.05, 0) is 52.9 Å². The summed E-state index contributed by atoms with van der Waals surface area (Å²) in [5, 5.41) is 0.323. The number of rotatable bonds is 7. The van der Waals surface area contributed by atoms with E-state index in [0.717, 1.165) is 11.6 Å². The smallest absolute Gasteiger partial charge is 0.489 e. The molecule has 0 amide bonds. The summed E-state index contributed by atoms with van der Waals surface area (Å²) in [5.74, 6) is -0.0574. The van der Waals surface area contributed by atoms with Crippen molar-refractivity contribution in [2.45, 2.75) is 25.6 Å². The standard InChI is InChI=1S/C31H21F6NO2/c32-30(33,34)26-14-7-13-25-28(23(18-38-29(25)26)16-20-8-2-1-3-9-20)21-11-6-12-24(17-21)39-19-22-10-4-5-15-27(22)40-31(35,36)37/h1-15,17-18H,16,19H2. The maximum Gasteiger partial charge on any atom is 0.573 e. The normalized spacial score (nSPS) is 11.9. The molecule has 0 saturated heterocycles. The lowest BCUT2D eigenvalue weighted by molar-refractivity contribution is -0.275. The lowest BCUT2D eigenvalue weighted by Crippen LogP contribution is -2.18. The van der Waals surface area contributed by atoms with Gasteiger partial charge in [-0.2, -0.15) is 13.2 Å². The van der Waals surface area contributed by atoms with Crippen molar-refractivity contribution in [3.8, 4) is 22.6 Å². The first kappa shape index (κ1) is 27.1. The zero-order valence-electron chi connectivity index (χ0n) is 20.8. The SMILES string of the molecule is FC(F)(F)Oc1ccccc1COc1cccc(-c2c(Cc3ccccc3)cnc3c(C(F)(F)F)cccc23)c1. The molecule has 3 nitrogen and oxygen atoms in total. The van der Waals surface area contributed by atoms with Gasteiger partial charge in [0.15, 0.2) is 0 Å². The predicted molar refractivity (Wildman–Crippen MR) is 139 cm³/mol. The molecule has 0 aliphatic heterocycles. The van der Waals surface area contributed by atoms with Crippen molar-refractivity contribution >= 4 is 10.9 Å². The first-order valence-corrected chi connectivity index (χ1v) is 12.2. The highest BCUT2D eigenvalue weighted by molar-refractivity contribution is 5.98. The van der Waals surface area contributed by atoms with Gasteiger partial charge >= 0.3 is 12.5 Å². The molecule has 0 spiro atoms. The Balaban J connectivity index is 1.55. The first-order valence-electron chi connectivity index (χ1n) is 12.2. The molecule has 40 heavy (non-hydrogen) atoms. The fraction of sp³-hybridized carbons (Fsp3) is 0.129. The van der Waals surface area contributed by atoms with Crippen LogP contribution in [0.1, 0.15) is 22.3 Å². The van der Waals surface area contributed by atoms with Crippen LogP contribution in [0, 0.1) is 0 Å². The lowest BCUT2D eigenvalue weighted by Gasteiger charge is -2.17. The highest BCUT2D eigenvalue weighted by Gasteiger charge is 2.34. The fourth-order valence-electron chi connectivity index (χ4n) is 4.53. The topological polar surface area (TPSA) is 31.4 Å². The number of aromatic nitrogens is 1. The second-order valence-electron chi connectivity index (χ2n) is 8.99. The Bertz CT molecular complexity index is 1630. The second kappa shape index (κ2) is 10.9. The van der Waals surface area contributed by atoms with Crippen LogP contribution in [0.3, 0.4) is 0 Å². The minimum Gasteiger partial charge on any atom is -0.489 e. The van der Waals surface area contributed by atoms with Crippen molar-refractivity contribution in [3.63, 3.8) is 0 Å². The predicted octanol–water partition coefficient (Wildman–Crippen LogP) is 8.99. The van der Waals surface area contributed by atoms with Crippen molar-refractivity contribution < 1.29 is 35.8 Å². The highest BCUT2D eigenvalue weighted by atomic mass is 19.4. The Kier molecular flexibility index (Phi) is 7.38. The lowest BCUT2D eigenvalue weighted by atomic mass is 9.92. The van der Waals surface area contributed by atoms with Crippen LogP contribution in [0.2, 0.25) is 0 Å². The van der Waals surface area contributed by atoms with E-state index in [0.29, 0.717) is 34.2 Å². The summed E-state index contributed by atoms with van der Waals surface area (Å²) in [4.78, 5) is 4.21. The van der Waals surface area contributed by atoms with Gasteiger partial charge in [0.05, 0.1) is 11.1 Å². The molecule has 1 aromatic heterocycles. The van der Waals surface area contributed by atoms with Crippen molar-refractivity contribution in [1.82, 2.24) is 4.98 Å². The molecule has 0 aliphatic rings. The number of nitrogens with zero attached hydrogens (tertiary/aromatic N) is 1.